The van der Waals surface area contributed by atoms with E-state index in [4.69, 9.17) is 4.74 Å². The van der Waals surface area contributed by atoms with Gasteiger partial charge in [0, 0.05) is 19.2 Å². The molecule has 1 heterocycles. The second kappa shape index (κ2) is 9.70. The number of nitro groups is 1. The van der Waals surface area contributed by atoms with Crippen molar-refractivity contribution in [2.45, 2.75) is 48.7 Å². The highest BCUT2D eigenvalue weighted by Crippen LogP contribution is 2.34. The Hall–Kier alpha value is -2.95. The van der Waals surface area contributed by atoms with Gasteiger partial charge in [0.15, 0.2) is 11.8 Å². The molecular formula is C19H23N5O5S. The normalized spacial score (nSPS) is 18.6. The Bertz CT molecular complexity index is 947. The number of amides is 1. The van der Waals surface area contributed by atoms with Gasteiger partial charge < -0.3 is 14.6 Å². The number of aryl methyl sites for hydroxylation is 1. The van der Waals surface area contributed by atoms with E-state index in [0.29, 0.717) is 16.0 Å². The zero-order chi connectivity index (χ0) is 21.7. The van der Waals surface area contributed by atoms with Gasteiger partial charge in [-0.25, -0.2) is 4.79 Å². The van der Waals surface area contributed by atoms with Crippen LogP contribution in [-0.2, 0) is 16.6 Å². The number of carbonyl (C=O) groups excluding carboxylic acids is 2. The standard InChI is InChI=1S/C19H23N5O5S/c1-12-5-3-4-6-14(12)21-17(25)10-29-18(26)13-7-8-16(15(9-13)24(27)28)30-19-22-20-11-23(19)2/h7-9,11-12,14H,3-6,10H2,1-2H3,(H,21,25)/t12-,14+/m0/s1. The van der Waals surface area contributed by atoms with E-state index in [-0.39, 0.29) is 23.2 Å². The number of esters is 1. The molecule has 1 fully saturated rings. The fourth-order valence-electron chi connectivity index (χ4n) is 3.33. The number of rotatable bonds is 7. The van der Waals surface area contributed by atoms with E-state index in [9.17, 15) is 19.7 Å². The van der Waals surface area contributed by atoms with Crippen LogP contribution in [0.3, 0.4) is 0 Å². The summed E-state index contributed by atoms with van der Waals surface area (Å²) in [6.07, 6.45) is 5.69. The van der Waals surface area contributed by atoms with Crippen LogP contribution >= 0.6 is 11.8 Å². The summed E-state index contributed by atoms with van der Waals surface area (Å²) >= 11 is 1.07. The maximum absolute atomic E-state index is 12.3. The van der Waals surface area contributed by atoms with E-state index >= 15 is 0 Å². The van der Waals surface area contributed by atoms with E-state index in [1.54, 1.807) is 11.6 Å². The third-order valence-electron chi connectivity index (χ3n) is 5.05. The minimum atomic E-state index is -0.792. The van der Waals surface area contributed by atoms with Gasteiger partial charge in [-0.1, -0.05) is 19.8 Å². The van der Waals surface area contributed by atoms with Crippen molar-refractivity contribution in [3.63, 3.8) is 0 Å². The molecule has 1 aromatic heterocycles. The molecule has 0 saturated heterocycles. The number of nitrogens with one attached hydrogen (secondary N) is 1. The van der Waals surface area contributed by atoms with Gasteiger partial charge in [-0.3, -0.25) is 14.9 Å². The number of nitro benzene ring substituents is 1. The first kappa shape index (κ1) is 21.8. The van der Waals surface area contributed by atoms with Gasteiger partial charge in [-0.05, 0) is 42.7 Å². The van der Waals surface area contributed by atoms with Crippen molar-refractivity contribution in [3.05, 3.63) is 40.2 Å². The minimum Gasteiger partial charge on any atom is -0.452 e. The smallest absolute Gasteiger partial charge is 0.338 e. The summed E-state index contributed by atoms with van der Waals surface area (Å²) in [6, 6.07) is 4.11. The number of ether oxygens (including phenoxy) is 1. The molecule has 160 valence electrons. The van der Waals surface area contributed by atoms with E-state index in [1.165, 1.54) is 18.5 Å². The number of hydrogen-bond acceptors (Lipinski definition) is 8. The molecule has 1 amide bonds. The Labute approximate surface area is 177 Å². The maximum atomic E-state index is 12.3. The summed E-state index contributed by atoms with van der Waals surface area (Å²) < 4.78 is 6.69. The number of hydrogen-bond donors (Lipinski definition) is 1. The van der Waals surface area contributed by atoms with E-state index in [1.807, 2.05) is 0 Å². The molecule has 1 saturated carbocycles. The minimum absolute atomic E-state index is 0.00264. The molecule has 11 heteroatoms. The molecule has 1 aliphatic carbocycles. The third-order valence-corrected chi connectivity index (χ3v) is 6.17. The lowest BCUT2D eigenvalue weighted by Gasteiger charge is -2.29. The molecule has 30 heavy (non-hydrogen) atoms. The molecular weight excluding hydrogens is 410 g/mol. The van der Waals surface area contributed by atoms with Crippen LogP contribution in [0.25, 0.3) is 0 Å². The molecule has 0 aliphatic heterocycles. The molecule has 1 aromatic carbocycles. The number of carbonyl (C=O) groups is 2. The van der Waals surface area contributed by atoms with Gasteiger partial charge >= 0.3 is 5.97 Å². The largest absolute Gasteiger partial charge is 0.452 e. The lowest BCUT2D eigenvalue weighted by molar-refractivity contribution is -0.387. The van der Waals surface area contributed by atoms with Crippen molar-refractivity contribution in [3.8, 4) is 0 Å². The van der Waals surface area contributed by atoms with Crippen LogP contribution in [0.2, 0.25) is 0 Å². The van der Waals surface area contributed by atoms with Crippen molar-refractivity contribution in [1.29, 1.82) is 0 Å². The Balaban J connectivity index is 1.62. The SMILES string of the molecule is C[C@H]1CCCC[C@H]1NC(=O)COC(=O)c1ccc(Sc2nncn2C)c([N+](=O)[O-])c1. The number of benzene rings is 1. The van der Waals surface area contributed by atoms with Gasteiger partial charge in [-0.2, -0.15) is 0 Å². The molecule has 10 nitrogen and oxygen atoms in total. The molecule has 0 bridgehead atoms. The predicted molar refractivity (Wildman–Crippen MR) is 108 cm³/mol. The van der Waals surface area contributed by atoms with E-state index < -0.39 is 17.5 Å². The Morgan fingerprint density at radius 1 is 1.37 bits per heavy atom. The maximum Gasteiger partial charge on any atom is 0.338 e. The highest BCUT2D eigenvalue weighted by molar-refractivity contribution is 7.99. The van der Waals surface area contributed by atoms with Crippen molar-refractivity contribution in [2.24, 2.45) is 13.0 Å². The van der Waals surface area contributed by atoms with Gasteiger partial charge in [0.1, 0.15) is 6.33 Å². The summed E-state index contributed by atoms with van der Waals surface area (Å²) in [5.41, 5.74) is -0.249. The van der Waals surface area contributed by atoms with Crippen molar-refractivity contribution in [1.82, 2.24) is 20.1 Å². The monoisotopic (exact) mass is 433 g/mol. The summed E-state index contributed by atoms with van der Waals surface area (Å²) in [6.45, 7) is 1.67. The zero-order valence-corrected chi connectivity index (χ0v) is 17.6. The topological polar surface area (TPSA) is 129 Å². The Kier molecular flexibility index (Phi) is 7.03. The van der Waals surface area contributed by atoms with E-state index in [2.05, 4.69) is 22.4 Å². The van der Waals surface area contributed by atoms with Gasteiger partial charge in [0.05, 0.1) is 15.4 Å². The summed E-state index contributed by atoms with van der Waals surface area (Å²) in [5, 5.41) is 22.5. The van der Waals surface area contributed by atoms with Crippen LogP contribution in [0.5, 0.6) is 0 Å². The molecule has 2 aromatic rings. The predicted octanol–water partition coefficient (Wildman–Crippen LogP) is 2.73. The molecule has 0 spiro atoms. The summed E-state index contributed by atoms with van der Waals surface area (Å²) in [4.78, 5) is 35.6. The van der Waals surface area contributed by atoms with Gasteiger partial charge in [0.2, 0.25) is 0 Å². The first-order valence-electron chi connectivity index (χ1n) is 9.62. The fraction of sp³-hybridized carbons (Fsp3) is 0.474. The highest BCUT2D eigenvalue weighted by atomic mass is 32.2. The van der Waals surface area contributed by atoms with Crippen LogP contribution in [0.4, 0.5) is 5.69 Å². The second-order valence-electron chi connectivity index (χ2n) is 7.28. The quantitative estimate of drug-likeness (QED) is 0.401. The van der Waals surface area contributed by atoms with Crippen molar-refractivity contribution in [2.75, 3.05) is 6.61 Å². The average Bonchev–Trinajstić information content (AvgIpc) is 3.12. The van der Waals surface area contributed by atoms with Crippen LogP contribution in [0.1, 0.15) is 43.0 Å². The van der Waals surface area contributed by atoms with Crippen molar-refractivity contribution >= 4 is 29.3 Å². The number of aromatic nitrogens is 3. The summed E-state index contributed by atoms with van der Waals surface area (Å²) in [5.74, 6) is -0.772. The van der Waals surface area contributed by atoms with Crippen LogP contribution in [-0.4, -0.2) is 44.2 Å². The second-order valence-corrected chi connectivity index (χ2v) is 8.29. The molecule has 1 aliphatic rings. The summed E-state index contributed by atoms with van der Waals surface area (Å²) in [7, 11) is 1.72. The molecule has 1 N–H and O–H groups in total. The first-order valence-corrected chi connectivity index (χ1v) is 10.4. The third kappa shape index (κ3) is 5.35. The lowest BCUT2D eigenvalue weighted by atomic mass is 9.86. The number of nitrogens with zero attached hydrogens (tertiary/aromatic N) is 4. The zero-order valence-electron chi connectivity index (χ0n) is 16.7. The van der Waals surface area contributed by atoms with Crippen LogP contribution in [0.15, 0.2) is 34.6 Å². The van der Waals surface area contributed by atoms with Crippen LogP contribution in [0, 0.1) is 16.0 Å². The first-order chi connectivity index (χ1) is 14.3. The van der Waals surface area contributed by atoms with Crippen LogP contribution < -0.4 is 5.32 Å². The molecule has 3 rings (SSSR count). The molecule has 2 atom stereocenters. The Morgan fingerprint density at radius 3 is 2.80 bits per heavy atom. The lowest BCUT2D eigenvalue weighted by Crippen LogP contribution is -2.42. The average molecular weight is 433 g/mol. The van der Waals surface area contributed by atoms with Crippen molar-refractivity contribution < 1.29 is 19.2 Å². The van der Waals surface area contributed by atoms with Gasteiger partial charge in [0.25, 0.3) is 11.6 Å². The highest BCUT2D eigenvalue weighted by Gasteiger charge is 2.24. The molecule has 0 radical (unpaired) electrons. The molecule has 0 unspecified atom stereocenters. The Morgan fingerprint density at radius 2 is 2.13 bits per heavy atom. The van der Waals surface area contributed by atoms with Gasteiger partial charge in [-0.15, -0.1) is 10.2 Å². The fourth-order valence-corrected chi connectivity index (χ4v) is 4.18. The van der Waals surface area contributed by atoms with E-state index in [0.717, 1.165) is 43.5 Å².